The third-order valence-electron chi connectivity index (χ3n) is 3.73. The van der Waals surface area contributed by atoms with Crippen LogP contribution < -0.4 is 0 Å². The molecule has 1 heterocycles. The molecular weight excluding hydrogens is 324 g/mol. The third kappa shape index (κ3) is 4.07. The van der Waals surface area contributed by atoms with E-state index in [4.69, 9.17) is 0 Å². The first-order chi connectivity index (χ1) is 10.2. The van der Waals surface area contributed by atoms with Gasteiger partial charge in [0.05, 0.1) is 16.4 Å². The van der Waals surface area contributed by atoms with Gasteiger partial charge >= 0.3 is 0 Å². The molecule has 124 valence electrons. The molecule has 0 spiro atoms. The van der Waals surface area contributed by atoms with Gasteiger partial charge in [0.25, 0.3) is 0 Å². The largest absolute Gasteiger partial charge is 0.308 e. The number of rotatable bonds is 6. The van der Waals surface area contributed by atoms with Crippen LogP contribution in [0.5, 0.6) is 0 Å². The topological polar surface area (TPSA) is 74.8 Å². The molecule has 0 saturated carbocycles. The van der Waals surface area contributed by atoms with Gasteiger partial charge in [-0.25, -0.2) is 16.8 Å². The van der Waals surface area contributed by atoms with Gasteiger partial charge in [0.15, 0.2) is 9.84 Å². The Hall–Kier alpha value is -0.960. The summed E-state index contributed by atoms with van der Waals surface area (Å²) in [6.45, 7) is 0.826. The van der Waals surface area contributed by atoms with Gasteiger partial charge in [-0.15, -0.1) is 0 Å². The lowest BCUT2D eigenvalue weighted by molar-refractivity contribution is 0.293. The molecule has 0 aromatic heterocycles. The Morgan fingerprint density at radius 3 is 2.27 bits per heavy atom. The number of hydrogen-bond acceptors (Lipinski definition) is 5. The second kappa shape index (κ2) is 6.66. The van der Waals surface area contributed by atoms with Crippen molar-refractivity contribution < 1.29 is 16.8 Å². The van der Waals surface area contributed by atoms with Crippen molar-refractivity contribution in [3.63, 3.8) is 0 Å². The van der Waals surface area contributed by atoms with Gasteiger partial charge in [0.1, 0.15) is 0 Å². The van der Waals surface area contributed by atoms with Crippen LogP contribution in [0.1, 0.15) is 6.42 Å². The van der Waals surface area contributed by atoms with Gasteiger partial charge in [-0.2, -0.15) is 4.31 Å². The molecule has 0 bridgehead atoms. The fourth-order valence-corrected chi connectivity index (χ4v) is 6.02. The van der Waals surface area contributed by atoms with Gasteiger partial charge in [-0.1, -0.05) is 18.2 Å². The molecule has 1 aliphatic rings. The average molecular weight is 346 g/mol. The van der Waals surface area contributed by atoms with Crippen molar-refractivity contribution in [3.8, 4) is 0 Å². The monoisotopic (exact) mass is 346 g/mol. The Morgan fingerprint density at radius 2 is 1.77 bits per heavy atom. The Kier molecular flexibility index (Phi) is 5.26. The van der Waals surface area contributed by atoms with Crippen LogP contribution in [-0.2, 0) is 19.9 Å². The van der Waals surface area contributed by atoms with E-state index < -0.39 is 25.9 Å². The number of benzene rings is 1. The summed E-state index contributed by atoms with van der Waals surface area (Å²) >= 11 is 0. The molecule has 1 saturated heterocycles. The van der Waals surface area contributed by atoms with Crippen molar-refractivity contribution in [1.82, 2.24) is 9.21 Å². The molecule has 0 radical (unpaired) electrons. The van der Waals surface area contributed by atoms with E-state index >= 15 is 0 Å². The van der Waals surface area contributed by atoms with Crippen LogP contribution in [0, 0.1) is 0 Å². The quantitative estimate of drug-likeness (QED) is 0.746. The van der Waals surface area contributed by atoms with Crippen LogP contribution in [-0.4, -0.2) is 70.8 Å². The van der Waals surface area contributed by atoms with Crippen molar-refractivity contribution >= 4 is 19.9 Å². The SMILES string of the molecule is CN(C)CCN([C@@H]1CCS(=O)(=O)C1)S(=O)(=O)c1ccccc1. The van der Waals surface area contributed by atoms with Gasteiger partial charge in [-0.05, 0) is 32.6 Å². The predicted octanol–water partition coefficient (Wildman–Crippen LogP) is 0.426. The van der Waals surface area contributed by atoms with E-state index in [1.807, 2.05) is 19.0 Å². The lowest BCUT2D eigenvalue weighted by atomic mass is 10.2. The van der Waals surface area contributed by atoms with Crippen LogP contribution in [0.4, 0.5) is 0 Å². The van der Waals surface area contributed by atoms with E-state index in [0.717, 1.165) is 0 Å². The Morgan fingerprint density at radius 1 is 1.14 bits per heavy atom. The first-order valence-electron chi connectivity index (χ1n) is 7.14. The van der Waals surface area contributed by atoms with Gasteiger partial charge < -0.3 is 4.90 Å². The minimum absolute atomic E-state index is 0.0560. The van der Waals surface area contributed by atoms with E-state index in [2.05, 4.69) is 0 Å². The number of likely N-dealkylation sites (N-methyl/N-ethyl adjacent to an activating group) is 1. The maximum absolute atomic E-state index is 12.9. The molecule has 0 amide bonds. The molecule has 0 unspecified atom stereocenters. The molecule has 6 nitrogen and oxygen atoms in total. The van der Waals surface area contributed by atoms with Crippen LogP contribution in [0.15, 0.2) is 35.2 Å². The third-order valence-corrected chi connectivity index (χ3v) is 7.45. The highest BCUT2D eigenvalue weighted by Crippen LogP contribution is 2.24. The van der Waals surface area contributed by atoms with Crippen LogP contribution >= 0.6 is 0 Å². The standard InChI is InChI=1S/C14H22N2O4S2/c1-15(2)9-10-16(13-8-11-21(17,18)12-13)22(19,20)14-6-4-3-5-7-14/h3-7,13H,8-12H2,1-2H3/t13-/m1/s1. The highest BCUT2D eigenvalue weighted by molar-refractivity contribution is 7.92. The Bertz CT molecular complexity index is 700. The van der Waals surface area contributed by atoms with Crippen molar-refractivity contribution in [2.45, 2.75) is 17.4 Å². The van der Waals surface area contributed by atoms with Crippen molar-refractivity contribution in [2.24, 2.45) is 0 Å². The second-order valence-electron chi connectivity index (χ2n) is 5.79. The molecule has 2 rings (SSSR count). The van der Waals surface area contributed by atoms with E-state index in [9.17, 15) is 16.8 Å². The van der Waals surface area contributed by atoms with Gasteiger partial charge in [0.2, 0.25) is 10.0 Å². The fraction of sp³-hybridized carbons (Fsp3) is 0.571. The Balaban J connectivity index is 2.32. The molecule has 8 heteroatoms. The maximum Gasteiger partial charge on any atom is 0.243 e. The van der Waals surface area contributed by atoms with Crippen molar-refractivity contribution in [2.75, 3.05) is 38.7 Å². The molecule has 0 N–H and O–H groups in total. The lowest BCUT2D eigenvalue weighted by Gasteiger charge is -2.28. The molecule has 0 aliphatic carbocycles. The number of hydrogen-bond donors (Lipinski definition) is 0. The minimum Gasteiger partial charge on any atom is -0.308 e. The van der Waals surface area contributed by atoms with Crippen LogP contribution in [0.25, 0.3) is 0 Å². The fourth-order valence-electron chi connectivity index (χ4n) is 2.53. The molecule has 1 fully saturated rings. The van der Waals surface area contributed by atoms with Crippen LogP contribution in [0.2, 0.25) is 0 Å². The normalized spacial score (nSPS) is 21.5. The number of sulfonamides is 1. The summed E-state index contributed by atoms with van der Waals surface area (Å²) < 4.78 is 50.5. The summed E-state index contributed by atoms with van der Waals surface area (Å²) in [5.74, 6) is -0.0348. The first-order valence-corrected chi connectivity index (χ1v) is 10.4. The van der Waals surface area contributed by atoms with E-state index in [1.54, 1.807) is 30.3 Å². The zero-order chi connectivity index (χ0) is 16.4. The average Bonchev–Trinajstić information content (AvgIpc) is 2.79. The van der Waals surface area contributed by atoms with Crippen molar-refractivity contribution in [1.29, 1.82) is 0 Å². The molecule has 1 aromatic rings. The lowest BCUT2D eigenvalue weighted by Crippen LogP contribution is -2.44. The predicted molar refractivity (Wildman–Crippen MR) is 85.9 cm³/mol. The minimum atomic E-state index is -3.69. The summed E-state index contributed by atoms with van der Waals surface area (Å²) in [6.07, 6.45) is 0.363. The highest BCUT2D eigenvalue weighted by Gasteiger charge is 2.38. The zero-order valence-electron chi connectivity index (χ0n) is 12.8. The highest BCUT2D eigenvalue weighted by atomic mass is 32.2. The van der Waals surface area contributed by atoms with E-state index in [1.165, 1.54) is 4.31 Å². The summed E-state index contributed by atoms with van der Waals surface area (Å²) in [6, 6.07) is 7.70. The molecule has 22 heavy (non-hydrogen) atoms. The van der Waals surface area contributed by atoms with E-state index in [-0.39, 0.29) is 22.9 Å². The molecule has 1 atom stereocenters. The molecule has 1 aliphatic heterocycles. The second-order valence-corrected chi connectivity index (χ2v) is 9.91. The summed E-state index contributed by atoms with van der Waals surface area (Å²) in [7, 11) is -3.11. The summed E-state index contributed by atoms with van der Waals surface area (Å²) in [5, 5.41) is 0. The smallest absolute Gasteiger partial charge is 0.243 e. The summed E-state index contributed by atoms with van der Waals surface area (Å²) in [4.78, 5) is 2.09. The number of nitrogens with zero attached hydrogens (tertiary/aromatic N) is 2. The zero-order valence-corrected chi connectivity index (χ0v) is 14.5. The molecule has 1 aromatic carbocycles. The first kappa shape index (κ1) is 17.4. The summed E-state index contributed by atoms with van der Waals surface area (Å²) in [5.41, 5.74) is 0. The van der Waals surface area contributed by atoms with Crippen molar-refractivity contribution in [3.05, 3.63) is 30.3 Å². The Labute approximate surface area is 132 Å². The van der Waals surface area contributed by atoms with Crippen LogP contribution in [0.3, 0.4) is 0 Å². The van der Waals surface area contributed by atoms with Gasteiger partial charge in [-0.3, -0.25) is 0 Å². The van der Waals surface area contributed by atoms with Gasteiger partial charge in [0, 0.05) is 19.1 Å². The maximum atomic E-state index is 12.9. The molecular formula is C14H22N2O4S2. The number of sulfone groups is 1. The van der Waals surface area contributed by atoms with E-state index in [0.29, 0.717) is 13.0 Å².